The highest BCUT2D eigenvalue weighted by molar-refractivity contribution is 6.06. The van der Waals surface area contributed by atoms with E-state index in [1.54, 1.807) is 59.8 Å². The van der Waals surface area contributed by atoms with E-state index >= 15 is 0 Å². The van der Waals surface area contributed by atoms with Gasteiger partial charge in [-0.1, -0.05) is 0 Å². The summed E-state index contributed by atoms with van der Waals surface area (Å²) in [5.74, 6) is 0.457. The number of rotatable bonds is 4. The number of benzene rings is 1. The van der Waals surface area contributed by atoms with E-state index < -0.39 is 0 Å². The normalized spacial score (nSPS) is 10.8. The van der Waals surface area contributed by atoms with Crippen molar-refractivity contribution in [2.45, 2.75) is 13.5 Å². The molecule has 2 aromatic heterocycles. The van der Waals surface area contributed by atoms with E-state index in [0.29, 0.717) is 23.3 Å². The summed E-state index contributed by atoms with van der Waals surface area (Å²) in [4.78, 5) is 24.9. The van der Waals surface area contributed by atoms with Gasteiger partial charge in [0.05, 0.1) is 18.0 Å². The molecule has 0 bridgehead atoms. The van der Waals surface area contributed by atoms with Crippen molar-refractivity contribution < 1.29 is 9.53 Å². The van der Waals surface area contributed by atoms with E-state index in [0.717, 1.165) is 11.3 Å². The van der Waals surface area contributed by atoms with Gasteiger partial charge in [-0.25, -0.2) is 0 Å². The molecular formula is C18H19N3O3. The standard InChI is InChI=1S/C18H19N3O3/c1-4-21-10-9-15-14(18(21)23)11-16(20(15)2)17(22)19-12-5-7-13(24-3)8-6-12/h5-11H,4H2,1-3H3,(H,19,22). The second-order valence-corrected chi connectivity index (χ2v) is 5.48. The lowest BCUT2D eigenvalue weighted by atomic mass is 10.2. The number of ether oxygens (including phenoxy) is 1. The molecule has 0 atom stereocenters. The molecule has 0 radical (unpaired) electrons. The van der Waals surface area contributed by atoms with Gasteiger partial charge in [-0.2, -0.15) is 0 Å². The van der Waals surface area contributed by atoms with Crippen molar-refractivity contribution in [1.82, 2.24) is 9.13 Å². The van der Waals surface area contributed by atoms with Crippen molar-refractivity contribution in [3.05, 3.63) is 58.6 Å². The number of nitrogens with one attached hydrogen (secondary N) is 1. The van der Waals surface area contributed by atoms with E-state index in [9.17, 15) is 9.59 Å². The molecule has 0 aliphatic carbocycles. The molecule has 124 valence electrons. The molecule has 0 aliphatic heterocycles. The third-order valence-corrected chi connectivity index (χ3v) is 4.10. The molecule has 0 unspecified atom stereocenters. The number of amides is 1. The number of carbonyl (C=O) groups is 1. The second kappa shape index (κ2) is 6.23. The Kier molecular flexibility index (Phi) is 4.12. The summed E-state index contributed by atoms with van der Waals surface area (Å²) in [6.45, 7) is 2.50. The van der Waals surface area contributed by atoms with Gasteiger partial charge in [-0.3, -0.25) is 9.59 Å². The fourth-order valence-electron chi connectivity index (χ4n) is 2.71. The SMILES string of the molecule is CCn1ccc2c(cc(C(=O)Nc3ccc(OC)cc3)n2C)c1=O. The fourth-order valence-corrected chi connectivity index (χ4v) is 2.71. The zero-order chi connectivity index (χ0) is 17.3. The molecule has 0 spiro atoms. The molecule has 3 rings (SSSR count). The number of fused-ring (bicyclic) bond motifs is 1. The first-order chi connectivity index (χ1) is 11.5. The van der Waals surface area contributed by atoms with Crippen LogP contribution in [0.25, 0.3) is 10.9 Å². The van der Waals surface area contributed by atoms with Crippen LogP contribution in [0.5, 0.6) is 5.75 Å². The number of hydrogen-bond acceptors (Lipinski definition) is 3. The smallest absolute Gasteiger partial charge is 0.272 e. The highest BCUT2D eigenvalue weighted by atomic mass is 16.5. The lowest BCUT2D eigenvalue weighted by Gasteiger charge is -2.07. The summed E-state index contributed by atoms with van der Waals surface area (Å²) in [5.41, 5.74) is 1.75. The number of pyridine rings is 1. The van der Waals surface area contributed by atoms with Gasteiger partial charge in [0, 0.05) is 25.5 Å². The predicted molar refractivity (Wildman–Crippen MR) is 93.8 cm³/mol. The van der Waals surface area contributed by atoms with Crippen LogP contribution in [0.15, 0.2) is 47.4 Å². The van der Waals surface area contributed by atoms with Crippen LogP contribution in [0.1, 0.15) is 17.4 Å². The Balaban J connectivity index is 1.96. The number of aryl methyl sites for hydroxylation is 2. The molecule has 3 aromatic rings. The van der Waals surface area contributed by atoms with Crippen molar-refractivity contribution in [2.24, 2.45) is 7.05 Å². The Labute approximate surface area is 139 Å². The Hall–Kier alpha value is -3.02. The summed E-state index contributed by atoms with van der Waals surface area (Å²) >= 11 is 0. The first-order valence-electron chi connectivity index (χ1n) is 7.69. The van der Waals surface area contributed by atoms with Crippen LogP contribution in [-0.2, 0) is 13.6 Å². The molecule has 1 N–H and O–H groups in total. The minimum Gasteiger partial charge on any atom is -0.497 e. The third kappa shape index (κ3) is 2.67. The lowest BCUT2D eigenvalue weighted by Crippen LogP contribution is -2.17. The second-order valence-electron chi connectivity index (χ2n) is 5.48. The topological polar surface area (TPSA) is 65.3 Å². The van der Waals surface area contributed by atoms with Crippen LogP contribution in [0.3, 0.4) is 0 Å². The minimum atomic E-state index is -0.263. The molecule has 1 aromatic carbocycles. The van der Waals surface area contributed by atoms with E-state index in [2.05, 4.69) is 5.32 Å². The summed E-state index contributed by atoms with van der Waals surface area (Å²) in [5, 5.41) is 3.38. The van der Waals surface area contributed by atoms with Crippen LogP contribution in [-0.4, -0.2) is 22.2 Å². The number of methoxy groups -OCH3 is 1. The van der Waals surface area contributed by atoms with E-state index in [-0.39, 0.29) is 11.5 Å². The zero-order valence-corrected chi connectivity index (χ0v) is 13.9. The van der Waals surface area contributed by atoms with Gasteiger partial charge in [-0.05, 0) is 43.3 Å². The summed E-state index contributed by atoms with van der Waals surface area (Å²) in [6, 6.07) is 10.6. The highest BCUT2D eigenvalue weighted by Crippen LogP contribution is 2.19. The van der Waals surface area contributed by atoms with Gasteiger partial charge in [-0.15, -0.1) is 0 Å². The van der Waals surface area contributed by atoms with Gasteiger partial charge in [0.2, 0.25) is 0 Å². The summed E-state index contributed by atoms with van der Waals surface area (Å²) < 4.78 is 8.45. The number of aromatic nitrogens is 2. The maximum atomic E-state index is 12.6. The van der Waals surface area contributed by atoms with Gasteiger partial charge in [0.15, 0.2) is 0 Å². The molecule has 24 heavy (non-hydrogen) atoms. The predicted octanol–water partition coefficient (Wildman–Crippen LogP) is 2.62. The Morgan fingerprint density at radius 1 is 1.21 bits per heavy atom. The van der Waals surface area contributed by atoms with Crippen molar-refractivity contribution in [3.63, 3.8) is 0 Å². The maximum absolute atomic E-state index is 12.6. The first-order valence-corrected chi connectivity index (χ1v) is 7.69. The molecule has 0 saturated heterocycles. The molecule has 0 fully saturated rings. The Morgan fingerprint density at radius 3 is 2.54 bits per heavy atom. The summed E-state index contributed by atoms with van der Waals surface area (Å²) in [6.07, 6.45) is 1.75. The molecular weight excluding hydrogens is 306 g/mol. The monoisotopic (exact) mass is 325 g/mol. The minimum absolute atomic E-state index is 0.0888. The average Bonchev–Trinajstić information content (AvgIpc) is 2.94. The maximum Gasteiger partial charge on any atom is 0.272 e. The number of hydrogen-bond donors (Lipinski definition) is 1. The van der Waals surface area contributed by atoms with Crippen LogP contribution in [0, 0.1) is 0 Å². The first kappa shape index (κ1) is 15.9. The molecule has 1 amide bonds. The fraction of sp³-hybridized carbons (Fsp3) is 0.222. The van der Waals surface area contributed by atoms with Crippen LogP contribution < -0.4 is 15.6 Å². The van der Waals surface area contributed by atoms with Crippen molar-refractivity contribution in [2.75, 3.05) is 12.4 Å². The lowest BCUT2D eigenvalue weighted by molar-refractivity contribution is 0.101. The summed E-state index contributed by atoms with van der Waals surface area (Å²) in [7, 11) is 3.37. The number of nitrogens with zero attached hydrogens (tertiary/aromatic N) is 2. The van der Waals surface area contributed by atoms with Crippen molar-refractivity contribution >= 4 is 22.5 Å². The molecule has 0 aliphatic rings. The third-order valence-electron chi connectivity index (χ3n) is 4.10. The van der Waals surface area contributed by atoms with E-state index in [4.69, 9.17) is 4.74 Å². The van der Waals surface area contributed by atoms with Crippen molar-refractivity contribution in [3.8, 4) is 5.75 Å². The van der Waals surface area contributed by atoms with Gasteiger partial charge in [0.25, 0.3) is 11.5 Å². The van der Waals surface area contributed by atoms with E-state index in [1.165, 1.54) is 0 Å². The van der Waals surface area contributed by atoms with Crippen molar-refractivity contribution in [1.29, 1.82) is 0 Å². The Morgan fingerprint density at radius 2 is 1.92 bits per heavy atom. The van der Waals surface area contributed by atoms with Gasteiger partial charge < -0.3 is 19.2 Å². The largest absolute Gasteiger partial charge is 0.497 e. The quantitative estimate of drug-likeness (QED) is 0.802. The number of anilines is 1. The van der Waals surface area contributed by atoms with Crippen LogP contribution in [0.2, 0.25) is 0 Å². The Bertz CT molecular complexity index is 952. The van der Waals surface area contributed by atoms with Gasteiger partial charge in [0.1, 0.15) is 11.4 Å². The number of carbonyl (C=O) groups excluding carboxylic acids is 1. The highest BCUT2D eigenvalue weighted by Gasteiger charge is 2.16. The zero-order valence-electron chi connectivity index (χ0n) is 13.9. The average molecular weight is 325 g/mol. The van der Waals surface area contributed by atoms with Gasteiger partial charge >= 0.3 is 0 Å². The van der Waals surface area contributed by atoms with E-state index in [1.807, 2.05) is 13.0 Å². The molecule has 6 heteroatoms. The van der Waals surface area contributed by atoms with Crippen LogP contribution in [0.4, 0.5) is 5.69 Å². The van der Waals surface area contributed by atoms with Crippen LogP contribution >= 0.6 is 0 Å². The molecule has 0 saturated carbocycles. The molecule has 6 nitrogen and oxygen atoms in total. The molecule has 2 heterocycles.